The van der Waals surface area contributed by atoms with Gasteiger partial charge in [0, 0.05) is 24.2 Å². The highest BCUT2D eigenvalue weighted by Crippen LogP contribution is 2.15. The third-order valence-corrected chi connectivity index (χ3v) is 2.87. The van der Waals surface area contributed by atoms with Crippen LogP contribution in [0, 0.1) is 0 Å². The predicted molar refractivity (Wildman–Crippen MR) is 73.1 cm³/mol. The molecule has 0 spiro atoms. The highest BCUT2D eigenvalue weighted by Gasteiger charge is 2.18. The standard InChI is InChI=1S/C14H18N2O5/c1-2-20-13(17)8-16-14(18)10-3-5-15-12(7-10)21-11-4-6-19-9-11/h3,5,7,11H,2,4,6,8-9H2,1H3,(H,16,18)/t11-/m1/s1. The summed E-state index contributed by atoms with van der Waals surface area (Å²) in [5.74, 6) is -0.480. The third-order valence-electron chi connectivity index (χ3n) is 2.87. The molecule has 1 aromatic heterocycles. The largest absolute Gasteiger partial charge is 0.472 e. The van der Waals surface area contributed by atoms with Gasteiger partial charge in [-0.05, 0) is 13.0 Å². The molecule has 1 N–H and O–H groups in total. The summed E-state index contributed by atoms with van der Waals surface area (Å²) < 4.78 is 15.6. The van der Waals surface area contributed by atoms with Crippen molar-refractivity contribution in [2.45, 2.75) is 19.4 Å². The van der Waals surface area contributed by atoms with Gasteiger partial charge in [-0.2, -0.15) is 0 Å². The van der Waals surface area contributed by atoms with Crippen LogP contribution in [0.3, 0.4) is 0 Å². The second-order valence-corrected chi connectivity index (χ2v) is 4.47. The Bertz CT molecular complexity index is 500. The van der Waals surface area contributed by atoms with Crippen molar-refractivity contribution in [3.05, 3.63) is 23.9 Å². The van der Waals surface area contributed by atoms with Crippen LogP contribution in [-0.2, 0) is 14.3 Å². The van der Waals surface area contributed by atoms with E-state index in [2.05, 4.69) is 10.3 Å². The number of carbonyl (C=O) groups excluding carboxylic acids is 2. The summed E-state index contributed by atoms with van der Waals surface area (Å²) >= 11 is 0. The number of aromatic nitrogens is 1. The molecule has 1 atom stereocenters. The first kappa shape index (κ1) is 15.2. The fourth-order valence-electron chi connectivity index (χ4n) is 1.86. The zero-order valence-corrected chi connectivity index (χ0v) is 11.8. The van der Waals surface area contributed by atoms with E-state index in [0.29, 0.717) is 24.7 Å². The van der Waals surface area contributed by atoms with Gasteiger partial charge in [0.05, 0.1) is 19.8 Å². The Labute approximate surface area is 122 Å². The van der Waals surface area contributed by atoms with E-state index in [1.54, 1.807) is 19.1 Å². The number of rotatable bonds is 6. The maximum absolute atomic E-state index is 11.9. The van der Waals surface area contributed by atoms with E-state index in [0.717, 1.165) is 6.42 Å². The number of pyridine rings is 1. The fourth-order valence-corrected chi connectivity index (χ4v) is 1.86. The second-order valence-electron chi connectivity index (χ2n) is 4.47. The molecular weight excluding hydrogens is 276 g/mol. The van der Waals surface area contributed by atoms with Gasteiger partial charge in [-0.25, -0.2) is 4.98 Å². The van der Waals surface area contributed by atoms with E-state index in [4.69, 9.17) is 14.2 Å². The predicted octanol–water partition coefficient (Wildman–Crippen LogP) is 0.542. The van der Waals surface area contributed by atoms with Crippen molar-refractivity contribution in [2.24, 2.45) is 0 Å². The van der Waals surface area contributed by atoms with Crippen LogP contribution in [0.5, 0.6) is 5.88 Å². The van der Waals surface area contributed by atoms with Crippen molar-refractivity contribution in [2.75, 3.05) is 26.4 Å². The van der Waals surface area contributed by atoms with Crippen LogP contribution in [0.1, 0.15) is 23.7 Å². The minimum atomic E-state index is -0.473. The lowest BCUT2D eigenvalue weighted by Gasteiger charge is -2.11. The minimum Gasteiger partial charge on any atom is -0.472 e. The Balaban J connectivity index is 1.89. The van der Waals surface area contributed by atoms with Crippen LogP contribution < -0.4 is 10.1 Å². The maximum Gasteiger partial charge on any atom is 0.325 e. The van der Waals surface area contributed by atoms with Crippen molar-refractivity contribution >= 4 is 11.9 Å². The summed E-state index contributed by atoms with van der Waals surface area (Å²) in [5, 5.41) is 2.48. The zero-order valence-electron chi connectivity index (χ0n) is 11.8. The smallest absolute Gasteiger partial charge is 0.325 e. The highest BCUT2D eigenvalue weighted by molar-refractivity contribution is 5.96. The molecule has 1 aliphatic heterocycles. The molecule has 0 bridgehead atoms. The van der Waals surface area contributed by atoms with Gasteiger partial charge in [-0.1, -0.05) is 0 Å². The Morgan fingerprint density at radius 1 is 1.52 bits per heavy atom. The number of ether oxygens (including phenoxy) is 3. The van der Waals surface area contributed by atoms with Gasteiger partial charge in [-0.3, -0.25) is 9.59 Å². The average Bonchev–Trinajstić information content (AvgIpc) is 2.98. The topological polar surface area (TPSA) is 86.8 Å². The molecule has 1 fully saturated rings. The number of carbonyl (C=O) groups is 2. The van der Waals surface area contributed by atoms with E-state index in [1.165, 1.54) is 6.20 Å². The molecule has 2 heterocycles. The quantitative estimate of drug-likeness (QED) is 0.771. The monoisotopic (exact) mass is 294 g/mol. The van der Waals surface area contributed by atoms with Crippen LogP contribution in [0.4, 0.5) is 0 Å². The molecule has 0 radical (unpaired) electrons. The van der Waals surface area contributed by atoms with Gasteiger partial charge in [-0.15, -0.1) is 0 Å². The number of esters is 1. The lowest BCUT2D eigenvalue weighted by atomic mass is 10.2. The molecule has 0 aliphatic carbocycles. The van der Waals surface area contributed by atoms with E-state index in [-0.39, 0.29) is 25.2 Å². The summed E-state index contributed by atoms with van der Waals surface area (Å²) in [5.41, 5.74) is 0.378. The Kier molecular flexibility index (Phi) is 5.51. The van der Waals surface area contributed by atoms with Gasteiger partial charge in [0.15, 0.2) is 0 Å². The highest BCUT2D eigenvalue weighted by atomic mass is 16.5. The second kappa shape index (κ2) is 7.58. The zero-order chi connectivity index (χ0) is 15.1. The molecule has 21 heavy (non-hydrogen) atoms. The van der Waals surface area contributed by atoms with Crippen LogP contribution in [0.25, 0.3) is 0 Å². The van der Waals surface area contributed by atoms with Crippen molar-refractivity contribution in [1.29, 1.82) is 0 Å². The number of nitrogens with zero attached hydrogens (tertiary/aromatic N) is 1. The Morgan fingerprint density at radius 2 is 2.38 bits per heavy atom. The lowest BCUT2D eigenvalue weighted by Crippen LogP contribution is -2.30. The number of nitrogens with one attached hydrogen (secondary N) is 1. The molecule has 0 aromatic carbocycles. The van der Waals surface area contributed by atoms with Gasteiger partial charge in [0.1, 0.15) is 12.6 Å². The van der Waals surface area contributed by atoms with Crippen LogP contribution >= 0.6 is 0 Å². The summed E-state index contributed by atoms with van der Waals surface area (Å²) in [4.78, 5) is 27.2. The molecule has 7 heteroatoms. The number of amides is 1. The van der Waals surface area contributed by atoms with E-state index >= 15 is 0 Å². The van der Waals surface area contributed by atoms with Crippen molar-refractivity contribution in [3.8, 4) is 5.88 Å². The molecule has 1 aromatic rings. The van der Waals surface area contributed by atoms with Crippen molar-refractivity contribution in [1.82, 2.24) is 10.3 Å². The average molecular weight is 294 g/mol. The first-order valence-electron chi connectivity index (χ1n) is 6.83. The fraction of sp³-hybridized carbons (Fsp3) is 0.500. The summed E-state index contributed by atoms with van der Waals surface area (Å²) in [6, 6.07) is 3.09. The Morgan fingerprint density at radius 3 is 3.10 bits per heavy atom. The molecular formula is C14H18N2O5. The Hall–Kier alpha value is -2.15. The van der Waals surface area contributed by atoms with Crippen molar-refractivity contribution < 1.29 is 23.8 Å². The van der Waals surface area contributed by atoms with E-state index in [1.807, 2.05) is 0 Å². The molecule has 1 amide bonds. The molecule has 0 saturated carbocycles. The summed E-state index contributed by atoms with van der Waals surface area (Å²) in [7, 11) is 0. The van der Waals surface area contributed by atoms with Gasteiger partial charge < -0.3 is 19.5 Å². The third kappa shape index (κ3) is 4.71. The van der Waals surface area contributed by atoms with E-state index < -0.39 is 5.97 Å². The SMILES string of the molecule is CCOC(=O)CNC(=O)c1ccnc(O[C@@H]2CCOC2)c1. The first-order valence-corrected chi connectivity index (χ1v) is 6.83. The molecule has 1 aliphatic rings. The van der Waals surface area contributed by atoms with Crippen LogP contribution in [0.15, 0.2) is 18.3 Å². The molecule has 2 rings (SSSR count). The van der Waals surface area contributed by atoms with Crippen molar-refractivity contribution in [3.63, 3.8) is 0 Å². The maximum atomic E-state index is 11.9. The molecule has 1 saturated heterocycles. The lowest BCUT2D eigenvalue weighted by molar-refractivity contribution is -0.141. The molecule has 0 unspecified atom stereocenters. The first-order chi connectivity index (χ1) is 10.2. The van der Waals surface area contributed by atoms with Crippen LogP contribution in [0.2, 0.25) is 0 Å². The molecule has 7 nitrogen and oxygen atoms in total. The van der Waals surface area contributed by atoms with Gasteiger partial charge in [0.25, 0.3) is 5.91 Å². The molecule has 114 valence electrons. The van der Waals surface area contributed by atoms with Crippen LogP contribution in [-0.4, -0.2) is 49.3 Å². The number of hydrogen-bond acceptors (Lipinski definition) is 6. The van der Waals surface area contributed by atoms with Gasteiger partial charge >= 0.3 is 5.97 Å². The number of hydrogen-bond donors (Lipinski definition) is 1. The van der Waals surface area contributed by atoms with E-state index in [9.17, 15) is 9.59 Å². The summed E-state index contributed by atoms with van der Waals surface area (Å²) in [6.07, 6.45) is 2.26. The summed E-state index contributed by atoms with van der Waals surface area (Å²) in [6.45, 7) is 3.03. The normalized spacial score (nSPS) is 17.3. The minimum absolute atomic E-state index is 0.0321. The van der Waals surface area contributed by atoms with Gasteiger partial charge in [0.2, 0.25) is 5.88 Å².